The quantitative estimate of drug-likeness (QED) is 0.445. The van der Waals surface area contributed by atoms with E-state index in [1.807, 2.05) is 12.1 Å². The third-order valence-electron chi connectivity index (χ3n) is 3.53. The van der Waals surface area contributed by atoms with Gasteiger partial charge in [-0.25, -0.2) is 4.98 Å². The average Bonchev–Trinajstić information content (AvgIpc) is 2.50. The van der Waals surface area contributed by atoms with Gasteiger partial charge in [0.05, 0.1) is 11.0 Å². The summed E-state index contributed by atoms with van der Waals surface area (Å²) in [5.41, 5.74) is 4.60. The van der Waals surface area contributed by atoms with Crippen LogP contribution >= 0.6 is 0 Å². The number of nitrogens with zero attached hydrogens (tertiary/aromatic N) is 1. The molecule has 0 aliphatic heterocycles. The summed E-state index contributed by atoms with van der Waals surface area (Å²) < 4.78 is 0. The summed E-state index contributed by atoms with van der Waals surface area (Å²) in [5, 5.41) is 2.41. The van der Waals surface area contributed by atoms with Crippen LogP contribution in [-0.4, -0.2) is 4.98 Å². The van der Waals surface area contributed by atoms with Gasteiger partial charge in [-0.15, -0.1) is 0 Å². The molecule has 0 saturated carbocycles. The van der Waals surface area contributed by atoms with Gasteiger partial charge < -0.3 is 0 Å². The molecule has 0 aliphatic rings. The third kappa shape index (κ3) is 2.01. The number of allylic oxidation sites excluding steroid dienone is 4. The van der Waals surface area contributed by atoms with E-state index in [1.165, 1.54) is 21.9 Å². The van der Waals surface area contributed by atoms with Gasteiger partial charge in [-0.1, -0.05) is 54.6 Å². The first-order chi connectivity index (χ1) is 9.85. The van der Waals surface area contributed by atoms with E-state index in [0.29, 0.717) is 0 Å². The lowest BCUT2D eigenvalue weighted by Crippen LogP contribution is -1.91. The van der Waals surface area contributed by atoms with Crippen molar-refractivity contribution >= 4 is 27.4 Å². The van der Waals surface area contributed by atoms with Crippen molar-refractivity contribution in [3.8, 4) is 0 Å². The molecule has 98 valence electrons. The number of hydrogen-bond donors (Lipinski definition) is 0. The molecule has 2 aromatic carbocycles. The molecule has 0 fully saturated rings. The third-order valence-corrected chi connectivity index (χ3v) is 3.53. The van der Waals surface area contributed by atoms with E-state index >= 15 is 0 Å². The first kappa shape index (κ1) is 12.6. The summed E-state index contributed by atoms with van der Waals surface area (Å²) in [4.78, 5) is 4.76. The van der Waals surface area contributed by atoms with Crippen LogP contribution in [0.25, 0.3) is 27.4 Å². The van der Waals surface area contributed by atoms with Gasteiger partial charge >= 0.3 is 0 Å². The monoisotopic (exact) mass is 259 g/mol. The Bertz CT molecular complexity index is 771. The smallest absolute Gasteiger partial charge is 0.0715 e. The molecule has 0 atom stereocenters. The molecule has 0 radical (unpaired) electrons. The summed E-state index contributed by atoms with van der Waals surface area (Å²) >= 11 is 0. The highest BCUT2D eigenvalue weighted by Gasteiger charge is 2.10. The van der Waals surface area contributed by atoms with Crippen LogP contribution in [0.2, 0.25) is 0 Å². The SMILES string of the molecule is C/C=C\C(=C/C)c1c2ccccc2nc2ccccc12. The van der Waals surface area contributed by atoms with Crippen molar-refractivity contribution in [1.82, 2.24) is 4.98 Å². The molecule has 0 saturated heterocycles. The maximum absolute atomic E-state index is 4.76. The van der Waals surface area contributed by atoms with E-state index in [1.54, 1.807) is 0 Å². The number of fused-ring (bicyclic) bond motifs is 2. The van der Waals surface area contributed by atoms with Crippen LogP contribution in [0, 0.1) is 0 Å². The first-order valence-electron chi connectivity index (χ1n) is 6.92. The predicted molar refractivity (Wildman–Crippen MR) is 87.7 cm³/mol. The predicted octanol–water partition coefficient (Wildman–Crippen LogP) is 5.37. The number of para-hydroxylation sites is 2. The van der Waals surface area contributed by atoms with Crippen molar-refractivity contribution in [3.63, 3.8) is 0 Å². The Balaban J connectivity index is 2.51. The Hall–Kier alpha value is -2.41. The van der Waals surface area contributed by atoms with Crippen molar-refractivity contribution in [2.75, 3.05) is 0 Å². The van der Waals surface area contributed by atoms with Crippen LogP contribution in [0.5, 0.6) is 0 Å². The van der Waals surface area contributed by atoms with Crippen molar-refractivity contribution in [3.05, 3.63) is 72.3 Å². The molecule has 3 aromatic rings. The van der Waals surface area contributed by atoms with Crippen LogP contribution < -0.4 is 0 Å². The van der Waals surface area contributed by atoms with E-state index in [-0.39, 0.29) is 0 Å². The maximum atomic E-state index is 4.76. The van der Waals surface area contributed by atoms with Crippen LogP contribution in [0.3, 0.4) is 0 Å². The molecule has 1 aromatic heterocycles. The Morgan fingerprint density at radius 1 is 0.850 bits per heavy atom. The van der Waals surface area contributed by atoms with Crippen LogP contribution in [0.4, 0.5) is 0 Å². The molecule has 0 amide bonds. The van der Waals surface area contributed by atoms with E-state index in [0.717, 1.165) is 11.0 Å². The minimum absolute atomic E-state index is 1.05. The first-order valence-corrected chi connectivity index (χ1v) is 6.92. The molecule has 1 nitrogen and oxygen atoms in total. The number of rotatable bonds is 2. The molecule has 0 bridgehead atoms. The fourth-order valence-electron chi connectivity index (χ4n) is 2.65. The van der Waals surface area contributed by atoms with Gasteiger partial charge in [0.1, 0.15) is 0 Å². The Kier molecular flexibility index (Phi) is 3.34. The van der Waals surface area contributed by atoms with Gasteiger partial charge in [0.15, 0.2) is 0 Å². The van der Waals surface area contributed by atoms with E-state index < -0.39 is 0 Å². The topological polar surface area (TPSA) is 12.9 Å². The van der Waals surface area contributed by atoms with Crippen LogP contribution in [0.15, 0.2) is 66.8 Å². The van der Waals surface area contributed by atoms with Gasteiger partial charge in [0, 0.05) is 16.3 Å². The van der Waals surface area contributed by atoms with Crippen molar-refractivity contribution < 1.29 is 0 Å². The number of aromatic nitrogens is 1. The summed E-state index contributed by atoms with van der Waals surface area (Å²) in [6.45, 7) is 4.13. The molecule has 0 unspecified atom stereocenters. The van der Waals surface area contributed by atoms with Gasteiger partial charge in [-0.2, -0.15) is 0 Å². The minimum atomic E-state index is 1.05. The number of pyridine rings is 1. The standard InChI is InChI=1S/C19H17N/c1-3-9-14(4-2)19-15-10-5-7-12-17(15)20-18-13-8-6-11-16(18)19/h3-13H,1-2H3/b9-3-,14-4+. The molecular weight excluding hydrogens is 242 g/mol. The summed E-state index contributed by atoms with van der Waals surface area (Å²) in [5.74, 6) is 0. The number of hydrogen-bond acceptors (Lipinski definition) is 1. The summed E-state index contributed by atoms with van der Waals surface area (Å²) in [7, 11) is 0. The Labute approximate surface area is 119 Å². The zero-order chi connectivity index (χ0) is 13.9. The molecule has 20 heavy (non-hydrogen) atoms. The van der Waals surface area contributed by atoms with E-state index in [9.17, 15) is 0 Å². The fraction of sp³-hybridized carbons (Fsp3) is 0.105. The van der Waals surface area contributed by atoms with Crippen molar-refractivity contribution in [2.45, 2.75) is 13.8 Å². The molecule has 0 spiro atoms. The van der Waals surface area contributed by atoms with Crippen LogP contribution in [0.1, 0.15) is 19.4 Å². The molecule has 1 heterocycles. The van der Waals surface area contributed by atoms with Crippen molar-refractivity contribution in [1.29, 1.82) is 0 Å². The van der Waals surface area contributed by atoms with E-state index in [4.69, 9.17) is 4.98 Å². The second kappa shape index (κ2) is 5.30. The second-order valence-corrected chi connectivity index (χ2v) is 4.77. The largest absolute Gasteiger partial charge is 0.248 e. The zero-order valence-corrected chi connectivity index (χ0v) is 11.8. The highest BCUT2D eigenvalue weighted by Crippen LogP contribution is 2.32. The van der Waals surface area contributed by atoms with Crippen LogP contribution in [-0.2, 0) is 0 Å². The van der Waals surface area contributed by atoms with Gasteiger partial charge in [0.25, 0.3) is 0 Å². The molecule has 0 aliphatic carbocycles. The Morgan fingerprint density at radius 2 is 1.40 bits per heavy atom. The zero-order valence-electron chi connectivity index (χ0n) is 11.8. The molecule has 0 N–H and O–H groups in total. The van der Waals surface area contributed by atoms with E-state index in [2.05, 4.69) is 68.5 Å². The van der Waals surface area contributed by atoms with Gasteiger partial charge in [-0.3, -0.25) is 0 Å². The Morgan fingerprint density at radius 3 is 1.90 bits per heavy atom. The molecule has 3 rings (SSSR count). The fourth-order valence-corrected chi connectivity index (χ4v) is 2.65. The number of benzene rings is 2. The summed E-state index contributed by atoms with van der Waals surface area (Å²) in [6, 6.07) is 16.7. The lowest BCUT2D eigenvalue weighted by molar-refractivity contribution is 1.48. The van der Waals surface area contributed by atoms with Crippen molar-refractivity contribution in [2.24, 2.45) is 0 Å². The molecule has 1 heteroatoms. The lowest BCUT2D eigenvalue weighted by Gasteiger charge is -2.11. The van der Waals surface area contributed by atoms with Gasteiger partial charge in [0.2, 0.25) is 0 Å². The maximum Gasteiger partial charge on any atom is 0.0715 e. The highest BCUT2D eigenvalue weighted by atomic mass is 14.7. The van der Waals surface area contributed by atoms with Gasteiger partial charge in [-0.05, 0) is 31.6 Å². The normalized spacial score (nSPS) is 12.6. The minimum Gasteiger partial charge on any atom is -0.248 e. The summed E-state index contributed by atoms with van der Waals surface area (Å²) in [6.07, 6.45) is 6.40. The average molecular weight is 259 g/mol. The lowest BCUT2D eigenvalue weighted by atomic mass is 9.95. The molecular formula is C19H17N. The second-order valence-electron chi connectivity index (χ2n) is 4.77. The highest BCUT2D eigenvalue weighted by molar-refractivity contribution is 6.07.